The normalized spacial score (nSPS) is 16.1. The van der Waals surface area contributed by atoms with E-state index in [1.54, 1.807) is 6.33 Å². The van der Waals surface area contributed by atoms with Crippen LogP contribution < -0.4 is 4.90 Å². The van der Waals surface area contributed by atoms with Gasteiger partial charge in [0.25, 0.3) is 0 Å². The molecule has 25 heavy (non-hydrogen) atoms. The Morgan fingerprint density at radius 3 is 2.80 bits per heavy atom. The van der Waals surface area contributed by atoms with Crippen LogP contribution in [0.5, 0.6) is 0 Å². The summed E-state index contributed by atoms with van der Waals surface area (Å²) in [5.41, 5.74) is 3.59. The van der Waals surface area contributed by atoms with Crippen molar-refractivity contribution in [2.45, 2.75) is 0 Å². The van der Waals surface area contributed by atoms with E-state index in [0.717, 1.165) is 60.1 Å². The van der Waals surface area contributed by atoms with Crippen LogP contribution in [0.25, 0.3) is 28.1 Å². The maximum Gasteiger partial charge on any atom is 0.204 e. The first-order valence-electron chi connectivity index (χ1n) is 8.22. The number of likely N-dealkylation sites (N-methyl/N-ethyl adjacent to an activating group) is 1. The van der Waals surface area contributed by atoms with Crippen LogP contribution in [0, 0.1) is 0 Å². The van der Waals surface area contributed by atoms with Gasteiger partial charge in [-0.1, -0.05) is 0 Å². The van der Waals surface area contributed by atoms with Gasteiger partial charge in [-0.3, -0.25) is 9.50 Å². The zero-order valence-corrected chi connectivity index (χ0v) is 13.8. The van der Waals surface area contributed by atoms with Crippen LogP contribution in [0.3, 0.4) is 0 Å². The zero-order valence-electron chi connectivity index (χ0n) is 13.8. The number of aromatic nitrogens is 7. The standard InChI is InChI=1S/C16H17N9/c1-23-4-6-24(7-5-23)15-16-22-19-10-25(16)13-8-11(2-3-12(13)20-15)14-17-9-18-21-14/h2-3,8-10H,4-7H2,1H3,(H,17,18,21). The minimum absolute atomic E-state index is 0.728. The zero-order chi connectivity index (χ0) is 16.8. The van der Waals surface area contributed by atoms with Gasteiger partial charge in [0, 0.05) is 31.7 Å². The Kier molecular flexibility index (Phi) is 3.14. The summed E-state index contributed by atoms with van der Waals surface area (Å²) in [6.45, 7) is 3.91. The van der Waals surface area contributed by atoms with Gasteiger partial charge in [0.2, 0.25) is 5.65 Å². The second-order valence-corrected chi connectivity index (χ2v) is 6.29. The number of nitrogens with zero attached hydrogens (tertiary/aromatic N) is 8. The Morgan fingerprint density at radius 1 is 1.12 bits per heavy atom. The molecule has 0 aliphatic carbocycles. The van der Waals surface area contributed by atoms with Gasteiger partial charge in [0.1, 0.15) is 12.7 Å². The van der Waals surface area contributed by atoms with Crippen molar-refractivity contribution in [2.24, 2.45) is 0 Å². The highest BCUT2D eigenvalue weighted by atomic mass is 15.3. The second kappa shape index (κ2) is 5.49. The van der Waals surface area contributed by atoms with Crippen LogP contribution in [0.4, 0.5) is 5.82 Å². The molecular weight excluding hydrogens is 318 g/mol. The van der Waals surface area contributed by atoms with E-state index in [1.807, 2.05) is 22.6 Å². The van der Waals surface area contributed by atoms with Gasteiger partial charge in [-0.15, -0.1) is 10.2 Å². The van der Waals surface area contributed by atoms with E-state index in [4.69, 9.17) is 4.98 Å². The molecule has 9 nitrogen and oxygen atoms in total. The van der Waals surface area contributed by atoms with Crippen molar-refractivity contribution >= 4 is 22.5 Å². The van der Waals surface area contributed by atoms with Gasteiger partial charge < -0.3 is 9.80 Å². The molecular formula is C16H17N9. The number of benzene rings is 1. The number of fused-ring (bicyclic) bond motifs is 3. The number of piperazine rings is 1. The molecule has 3 aromatic heterocycles. The Morgan fingerprint density at radius 2 is 2.00 bits per heavy atom. The molecule has 1 aliphatic rings. The van der Waals surface area contributed by atoms with Crippen LogP contribution in [-0.2, 0) is 0 Å². The highest BCUT2D eigenvalue weighted by molar-refractivity contribution is 5.86. The van der Waals surface area contributed by atoms with Gasteiger partial charge in [-0.25, -0.2) is 9.97 Å². The fraction of sp³-hybridized carbons (Fsp3) is 0.312. The quantitative estimate of drug-likeness (QED) is 0.580. The summed E-state index contributed by atoms with van der Waals surface area (Å²) in [7, 11) is 2.14. The van der Waals surface area contributed by atoms with E-state index < -0.39 is 0 Å². The minimum Gasteiger partial charge on any atom is -0.351 e. The third-order valence-electron chi connectivity index (χ3n) is 4.70. The van der Waals surface area contributed by atoms with Crippen molar-refractivity contribution in [3.05, 3.63) is 30.9 Å². The molecule has 1 N–H and O–H groups in total. The topological polar surface area (TPSA) is 91.1 Å². The summed E-state index contributed by atoms with van der Waals surface area (Å²) in [6.07, 6.45) is 3.24. The van der Waals surface area contributed by atoms with Gasteiger partial charge in [-0.05, 0) is 25.2 Å². The Balaban J connectivity index is 1.67. The number of rotatable bonds is 2. The largest absolute Gasteiger partial charge is 0.351 e. The van der Waals surface area contributed by atoms with Crippen molar-refractivity contribution in [3.8, 4) is 11.4 Å². The van der Waals surface area contributed by atoms with Crippen LogP contribution in [-0.4, -0.2) is 72.9 Å². The molecule has 1 aromatic carbocycles. The summed E-state index contributed by atoms with van der Waals surface area (Å²) >= 11 is 0. The average Bonchev–Trinajstić information content (AvgIpc) is 3.33. The molecule has 126 valence electrons. The monoisotopic (exact) mass is 335 g/mol. The minimum atomic E-state index is 0.728. The first-order valence-corrected chi connectivity index (χ1v) is 8.22. The van der Waals surface area contributed by atoms with Crippen LogP contribution in [0.1, 0.15) is 0 Å². The molecule has 0 saturated carbocycles. The lowest BCUT2D eigenvalue weighted by Crippen LogP contribution is -2.45. The maximum absolute atomic E-state index is 4.88. The lowest BCUT2D eigenvalue weighted by Gasteiger charge is -2.33. The third kappa shape index (κ3) is 2.31. The highest BCUT2D eigenvalue weighted by Gasteiger charge is 2.20. The first-order chi connectivity index (χ1) is 12.3. The van der Waals surface area contributed by atoms with Crippen LogP contribution in [0.15, 0.2) is 30.9 Å². The number of hydrogen-bond donors (Lipinski definition) is 1. The smallest absolute Gasteiger partial charge is 0.204 e. The molecule has 4 aromatic rings. The summed E-state index contributed by atoms with van der Waals surface area (Å²) < 4.78 is 2.00. The molecule has 0 unspecified atom stereocenters. The van der Waals surface area contributed by atoms with E-state index in [1.165, 1.54) is 6.33 Å². The maximum atomic E-state index is 4.88. The highest BCUT2D eigenvalue weighted by Crippen LogP contribution is 2.26. The number of hydrogen-bond acceptors (Lipinski definition) is 7. The second-order valence-electron chi connectivity index (χ2n) is 6.29. The number of nitrogens with one attached hydrogen (secondary N) is 1. The molecule has 9 heteroatoms. The summed E-state index contributed by atoms with van der Waals surface area (Å²) in [6, 6.07) is 6.04. The van der Waals surface area contributed by atoms with Crippen molar-refractivity contribution < 1.29 is 0 Å². The Hall–Kier alpha value is -3.07. The molecule has 0 spiro atoms. The number of H-pyrrole nitrogens is 1. The molecule has 0 bridgehead atoms. The van der Waals surface area contributed by atoms with E-state index in [-0.39, 0.29) is 0 Å². The first kappa shape index (κ1) is 14.3. The van der Waals surface area contributed by atoms with Gasteiger partial charge in [-0.2, -0.15) is 5.10 Å². The van der Waals surface area contributed by atoms with Gasteiger partial charge in [0.15, 0.2) is 11.6 Å². The van der Waals surface area contributed by atoms with E-state index in [2.05, 4.69) is 42.2 Å². The van der Waals surface area contributed by atoms with Crippen molar-refractivity contribution in [2.75, 3.05) is 38.1 Å². The van der Waals surface area contributed by atoms with E-state index in [0.29, 0.717) is 0 Å². The fourth-order valence-electron chi connectivity index (χ4n) is 3.26. The van der Waals surface area contributed by atoms with E-state index >= 15 is 0 Å². The third-order valence-corrected chi connectivity index (χ3v) is 4.70. The molecule has 1 fully saturated rings. The molecule has 5 rings (SSSR count). The molecule has 0 amide bonds. The molecule has 1 saturated heterocycles. The summed E-state index contributed by atoms with van der Waals surface area (Å²) in [5.74, 6) is 1.62. The van der Waals surface area contributed by atoms with Crippen molar-refractivity contribution in [1.82, 2.24) is 39.7 Å². The van der Waals surface area contributed by atoms with Crippen molar-refractivity contribution in [1.29, 1.82) is 0 Å². The predicted octanol–water partition coefficient (Wildman–Crippen LogP) is 0.814. The Bertz CT molecular complexity index is 1030. The van der Waals surface area contributed by atoms with E-state index in [9.17, 15) is 0 Å². The number of anilines is 1. The van der Waals surface area contributed by atoms with Gasteiger partial charge >= 0.3 is 0 Å². The van der Waals surface area contributed by atoms with Crippen molar-refractivity contribution in [3.63, 3.8) is 0 Å². The van der Waals surface area contributed by atoms with Crippen LogP contribution in [0.2, 0.25) is 0 Å². The SMILES string of the molecule is CN1CCN(c2nc3ccc(-c4ncn[nH]4)cc3n3cnnc23)CC1. The lowest BCUT2D eigenvalue weighted by molar-refractivity contribution is 0.312. The molecule has 0 radical (unpaired) electrons. The lowest BCUT2D eigenvalue weighted by atomic mass is 10.2. The Labute approximate surface area is 143 Å². The molecule has 0 atom stereocenters. The predicted molar refractivity (Wildman–Crippen MR) is 93.4 cm³/mol. The summed E-state index contributed by atoms with van der Waals surface area (Å²) in [5, 5.41) is 15.2. The molecule has 4 heterocycles. The molecule has 1 aliphatic heterocycles. The average molecular weight is 335 g/mol. The van der Waals surface area contributed by atoms with Gasteiger partial charge in [0.05, 0.1) is 11.0 Å². The summed E-state index contributed by atoms with van der Waals surface area (Å²) in [4.78, 5) is 13.7. The van der Waals surface area contributed by atoms with Crippen LogP contribution >= 0.6 is 0 Å². The fourth-order valence-corrected chi connectivity index (χ4v) is 3.26. The number of aromatic amines is 1.